The van der Waals surface area contributed by atoms with E-state index in [0.29, 0.717) is 5.69 Å². The third-order valence-electron chi connectivity index (χ3n) is 4.34. The van der Waals surface area contributed by atoms with Crippen LogP contribution < -0.4 is 11.2 Å². The van der Waals surface area contributed by atoms with Crippen molar-refractivity contribution in [3.05, 3.63) is 89.1 Å². The molecule has 0 saturated carbocycles. The molecule has 0 aliphatic heterocycles. The van der Waals surface area contributed by atoms with Crippen LogP contribution in [-0.4, -0.2) is 25.8 Å². The molecular weight excluding hydrogens is 400 g/mol. The molecule has 0 unspecified atom stereocenters. The van der Waals surface area contributed by atoms with Gasteiger partial charge in [0.25, 0.3) is 11.2 Å². The largest absolute Gasteiger partial charge is 0.493 e. The van der Waals surface area contributed by atoms with Crippen molar-refractivity contribution in [2.24, 2.45) is 4.99 Å². The summed E-state index contributed by atoms with van der Waals surface area (Å²) in [6.07, 6.45) is 1.04. The van der Waals surface area contributed by atoms with Gasteiger partial charge in [-0.2, -0.15) is 0 Å². The lowest BCUT2D eigenvalue weighted by Crippen LogP contribution is -2.31. The normalized spacial score (nSPS) is 11.1. The van der Waals surface area contributed by atoms with Crippen molar-refractivity contribution >= 4 is 29.2 Å². The maximum Gasteiger partial charge on any atom is 0.335 e. The predicted molar refractivity (Wildman–Crippen MR) is 109 cm³/mol. The number of aromatic nitrogens is 2. The number of aryl methyl sites for hydroxylation is 2. The quantitative estimate of drug-likeness (QED) is 0.384. The Bertz CT molecular complexity index is 1280. The maximum absolute atomic E-state index is 12.3. The summed E-state index contributed by atoms with van der Waals surface area (Å²) in [6, 6.07) is 8.75. The van der Waals surface area contributed by atoms with Crippen molar-refractivity contribution in [1.29, 1.82) is 0 Å². The number of non-ortho nitro benzene ring substituents is 1. The van der Waals surface area contributed by atoms with E-state index >= 15 is 0 Å². The van der Waals surface area contributed by atoms with Gasteiger partial charge in [-0.15, -0.1) is 0 Å². The van der Waals surface area contributed by atoms with Crippen molar-refractivity contribution in [2.75, 3.05) is 0 Å². The zero-order valence-corrected chi connectivity index (χ0v) is 16.1. The van der Waals surface area contributed by atoms with Gasteiger partial charge in [-0.05, 0) is 43.2 Å². The third-order valence-corrected chi connectivity index (χ3v) is 4.65. The number of nitro groups is 1. The lowest BCUT2D eigenvalue weighted by atomic mass is 10.1. The van der Waals surface area contributed by atoms with Crippen molar-refractivity contribution in [3.63, 3.8) is 0 Å². The summed E-state index contributed by atoms with van der Waals surface area (Å²) >= 11 is 5.98. The number of hydrogen-bond donors (Lipinski definition) is 2. The van der Waals surface area contributed by atoms with Crippen LogP contribution in [0.25, 0.3) is 5.69 Å². The Morgan fingerprint density at radius 1 is 1.17 bits per heavy atom. The number of aromatic hydroxyl groups is 1. The molecular formula is C19H15ClN4O5. The van der Waals surface area contributed by atoms with Gasteiger partial charge in [0.2, 0.25) is 5.88 Å². The highest BCUT2D eigenvalue weighted by molar-refractivity contribution is 6.33. The van der Waals surface area contributed by atoms with Gasteiger partial charge in [0.15, 0.2) is 0 Å². The van der Waals surface area contributed by atoms with Gasteiger partial charge >= 0.3 is 5.69 Å². The Kier molecular flexibility index (Phi) is 5.33. The molecule has 0 spiro atoms. The molecule has 0 radical (unpaired) electrons. The number of halogens is 1. The molecule has 148 valence electrons. The minimum atomic E-state index is -0.839. The molecule has 0 saturated heterocycles. The monoisotopic (exact) mass is 414 g/mol. The fourth-order valence-corrected chi connectivity index (χ4v) is 2.83. The van der Waals surface area contributed by atoms with Crippen LogP contribution in [0.3, 0.4) is 0 Å². The molecule has 1 heterocycles. The first kappa shape index (κ1) is 20.0. The number of aromatic amines is 1. The van der Waals surface area contributed by atoms with E-state index in [1.54, 1.807) is 18.2 Å². The summed E-state index contributed by atoms with van der Waals surface area (Å²) in [4.78, 5) is 40.8. The van der Waals surface area contributed by atoms with Crippen molar-refractivity contribution in [1.82, 2.24) is 9.55 Å². The Labute approximate surface area is 168 Å². The second kappa shape index (κ2) is 7.72. The van der Waals surface area contributed by atoms with E-state index in [9.17, 15) is 24.8 Å². The smallest absolute Gasteiger partial charge is 0.335 e. The zero-order chi connectivity index (χ0) is 21.3. The Hall–Kier alpha value is -3.72. The van der Waals surface area contributed by atoms with Crippen molar-refractivity contribution in [3.8, 4) is 11.6 Å². The van der Waals surface area contributed by atoms with Crippen LogP contribution in [0.1, 0.15) is 16.7 Å². The van der Waals surface area contributed by atoms with E-state index in [0.717, 1.165) is 28.0 Å². The van der Waals surface area contributed by atoms with E-state index in [4.69, 9.17) is 11.6 Å². The predicted octanol–water partition coefficient (Wildman–Crippen LogP) is 3.16. The van der Waals surface area contributed by atoms with Crippen LogP contribution >= 0.6 is 11.6 Å². The fraction of sp³-hybridized carbons (Fsp3) is 0.105. The minimum absolute atomic E-state index is 0.00570. The summed E-state index contributed by atoms with van der Waals surface area (Å²) in [6.45, 7) is 3.76. The molecule has 29 heavy (non-hydrogen) atoms. The first-order valence-electron chi connectivity index (χ1n) is 8.33. The molecule has 2 N–H and O–H groups in total. The number of H-pyrrole nitrogens is 1. The molecule has 3 rings (SSSR count). The molecule has 10 heteroatoms. The highest BCUT2D eigenvalue weighted by Gasteiger charge is 2.15. The van der Waals surface area contributed by atoms with Gasteiger partial charge in [-0.25, -0.2) is 9.36 Å². The van der Waals surface area contributed by atoms with E-state index in [2.05, 4.69) is 9.98 Å². The number of benzene rings is 2. The van der Waals surface area contributed by atoms with E-state index < -0.39 is 22.1 Å². The Balaban J connectivity index is 2.10. The van der Waals surface area contributed by atoms with Crippen LogP contribution in [0.4, 0.5) is 11.4 Å². The number of aliphatic imine (C=N–C) groups is 1. The highest BCUT2D eigenvalue weighted by Crippen LogP contribution is 2.29. The standard InChI is InChI=1S/C19H15ClN4O5/c1-10-3-4-12(7-11(10)2)23-18(26)14(17(25)22-19(23)27)9-21-16-6-5-13(24(28)29)8-15(16)20/h3-9,26H,1-2H3,(H,22,25,27). The number of nitrogens with one attached hydrogen (secondary N) is 1. The number of rotatable bonds is 4. The first-order valence-corrected chi connectivity index (χ1v) is 8.70. The second-order valence-corrected chi connectivity index (χ2v) is 6.66. The molecule has 0 aliphatic rings. The average molecular weight is 415 g/mol. The fourth-order valence-electron chi connectivity index (χ4n) is 2.61. The lowest BCUT2D eigenvalue weighted by molar-refractivity contribution is -0.384. The van der Waals surface area contributed by atoms with Gasteiger partial charge in [0.05, 0.1) is 21.3 Å². The second-order valence-electron chi connectivity index (χ2n) is 6.25. The highest BCUT2D eigenvalue weighted by atomic mass is 35.5. The van der Waals surface area contributed by atoms with Gasteiger partial charge in [0, 0.05) is 18.3 Å². The molecule has 0 fully saturated rings. The third kappa shape index (κ3) is 3.94. The summed E-state index contributed by atoms with van der Waals surface area (Å²) in [5.41, 5.74) is 0.300. The van der Waals surface area contributed by atoms with Crippen molar-refractivity contribution < 1.29 is 10.0 Å². The molecule has 3 aromatic rings. The van der Waals surface area contributed by atoms with Crippen LogP contribution in [0.5, 0.6) is 5.88 Å². The average Bonchev–Trinajstić information content (AvgIpc) is 2.65. The van der Waals surface area contributed by atoms with Crippen molar-refractivity contribution in [2.45, 2.75) is 13.8 Å². The van der Waals surface area contributed by atoms with Gasteiger partial charge in [-0.1, -0.05) is 17.7 Å². The molecule has 2 aromatic carbocycles. The first-order chi connectivity index (χ1) is 13.7. The zero-order valence-electron chi connectivity index (χ0n) is 15.3. The van der Waals surface area contributed by atoms with Gasteiger partial charge in [-0.3, -0.25) is 24.9 Å². The molecule has 0 aliphatic carbocycles. The van der Waals surface area contributed by atoms with Crippen LogP contribution in [-0.2, 0) is 0 Å². The topological polar surface area (TPSA) is 131 Å². The summed E-state index contributed by atoms with van der Waals surface area (Å²) in [5, 5.41) is 21.3. The molecule has 0 bridgehead atoms. The SMILES string of the molecule is Cc1ccc(-n2c(O)c(C=Nc3ccc([N+](=O)[O-])cc3Cl)c(=O)[nH]c2=O)cc1C. The minimum Gasteiger partial charge on any atom is -0.493 e. The molecule has 1 aromatic heterocycles. The summed E-state index contributed by atoms with van der Waals surface area (Å²) < 4.78 is 0.951. The summed E-state index contributed by atoms with van der Waals surface area (Å²) in [7, 11) is 0. The summed E-state index contributed by atoms with van der Waals surface area (Å²) in [5.74, 6) is -0.594. The van der Waals surface area contributed by atoms with E-state index in [-0.39, 0.29) is 22.0 Å². The molecule has 0 atom stereocenters. The van der Waals surface area contributed by atoms with Gasteiger partial charge in [0.1, 0.15) is 5.56 Å². The van der Waals surface area contributed by atoms with Crippen LogP contribution in [0, 0.1) is 24.0 Å². The lowest BCUT2D eigenvalue weighted by Gasteiger charge is -2.11. The number of hydrogen-bond acceptors (Lipinski definition) is 6. The maximum atomic E-state index is 12.3. The van der Waals surface area contributed by atoms with Crippen LogP contribution in [0.15, 0.2) is 51.0 Å². The molecule has 0 amide bonds. The van der Waals surface area contributed by atoms with E-state index in [1.165, 1.54) is 12.1 Å². The van der Waals surface area contributed by atoms with Gasteiger partial charge < -0.3 is 5.11 Å². The Morgan fingerprint density at radius 3 is 2.52 bits per heavy atom. The van der Waals surface area contributed by atoms with E-state index in [1.807, 2.05) is 13.8 Å². The number of nitro benzene ring substituents is 1. The Morgan fingerprint density at radius 2 is 1.90 bits per heavy atom. The molecule has 9 nitrogen and oxygen atoms in total. The number of nitrogens with zero attached hydrogens (tertiary/aromatic N) is 3. The van der Waals surface area contributed by atoms with Crippen LogP contribution in [0.2, 0.25) is 5.02 Å².